The molecule has 1 aromatic rings. The minimum Gasteiger partial charge on any atom is -0.316 e. The van der Waals surface area contributed by atoms with Crippen molar-refractivity contribution in [2.24, 2.45) is 5.73 Å². The van der Waals surface area contributed by atoms with Crippen LogP contribution in [0.3, 0.4) is 0 Å². The third kappa shape index (κ3) is 2.59. The van der Waals surface area contributed by atoms with Crippen molar-refractivity contribution in [3.05, 3.63) is 27.5 Å². The third-order valence-corrected chi connectivity index (χ3v) is 2.27. The molecule has 0 aromatic carbocycles. The van der Waals surface area contributed by atoms with E-state index in [-0.39, 0.29) is 10.7 Å². The van der Waals surface area contributed by atoms with Crippen molar-refractivity contribution in [2.75, 3.05) is 0 Å². The summed E-state index contributed by atoms with van der Waals surface area (Å²) in [4.78, 5) is 3.55. The van der Waals surface area contributed by atoms with Gasteiger partial charge in [0.1, 0.15) is 11.2 Å². The molecule has 0 fully saturated rings. The molecule has 0 saturated carbocycles. The fraction of sp³-hybridized carbons (Fsp3) is 0.286. The standard InChI is InChI=1S/C7H5BrClF3N2/c8-3-1-4(6(9)14-2-3)5(13)7(10,11)12/h1-2,5H,13H2. The lowest BCUT2D eigenvalue weighted by molar-refractivity contribution is -0.149. The normalized spacial score (nSPS) is 14.1. The highest BCUT2D eigenvalue weighted by atomic mass is 79.9. The van der Waals surface area contributed by atoms with Gasteiger partial charge in [-0.05, 0) is 22.0 Å². The Labute approximate surface area is 91.4 Å². The zero-order valence-electron chi connectivity index (χ0n) is 6.65. The van der Waals surface area contributed by atoms with E-state index in [0.717, 1.165) is 0 Å². The van der Waals surface area contributed by atoms with Gasteiger partial charge in [-0.25, -0.2) is 4.98 Å². The number of hydrogen-bond acceptors (Lipinski definition) is 2. The van der Waals surface area contributed by atoms with Crippen molar-refractivity contribution in [1.82, 2.24) is 4.98 Å². The van der Waals surface area contributed by atoms with E-state index in [2.05, 4.69) is 20.9 Å². The van der Waals surface area contributed by atoms with Crippen molar-refractivity contribution in [3.63, 3.8) is 0 Å². The van der Waals surface area contributed by atoms with Crippen LogP contribution in [-0.2, 0) is 0 Å². The highest BCUT2D eigenvalue weighted by molar-refractivity contribution is 9.10. The van der Waals surface area contributed by atoms with E-state index in [0.29, 0.717) is 4.47 Å². The highest BCUT2D eigenvalue weighted by Gasteiger charge is 2.39. The average molecular weight is 289 g/mol. The van der Waals surface area contributed by atoms with Gasteiger partial charge in [-0.1, -0.05) is 11.6 Å². The molecule has 0 aliphatic carbocycles. The lowest BCUT2D eigenvalue weighted by Crippen LogP contribution is -2.28. The van der Waals surface area contributed by atoms with Gasteiger partial charge in [0.15, 0.2) is 0 Å². The lowest BCUT2D eigenvalue weighted by atomic mass is 10.1. The first-order valence-corrected chi connectivity index (χ1v) is 4.62. The highest BCUT2D eigenvalue weighted by Crippen LogP contribution is 2.34. The summed E-state index contributed by atoms with van der Waals surface area (Å²) in [5.41, 5.74) is 4.73. The maximum absolute atomic E-state index is 12.2. The van der Waals surface area contributed by atoms with Gasteiger partial charge in [0.05, 0.1) is 0 Å². The number of aromatic nitrogens is 1. The molecule has 1 rings (SSSR count). The molecule has 0 amide bonds. The van der Waals surface area contributed by atoms with E-state index in [9.17, 15) is 13.2 Å². The van der Waals surface area contributed by atoms with Crippen molar-refractivity contribution < 1.29 is 13.2 Å². The molecule has 1 atom stereocenters. The van der Waals surface area contributed by atoms with Gasteiger partial charge in [0.25, 0.3) is 0 Å². The Morgan fingerprint density at radius 2 is 2.07 bits per heavy atom. The molecule has 78 valence electrons. The maximum Gasteiger partial charge on any atom is 0.407 e. The van der Waals surface area contributed by atoms with Gasteiger partial charge in [-0.2, -0.15) is 13.2 Å². The number of pyridine rings is 1. The van der Waals surface area contributed by atoms with Crippen molar-refractivity contribution in [1.29, 1.82) is 0 Å². The van der Waals surface area contributed by atoms with Gasteiger partial charge in [-0.3, -0.25) is 0 Å². The minimum absolute atomic E-state index is 0.238. The van der Waals surface area contributed by atoms with Crippen molar-refractivity contribution in [3.8, 4) is 0 Å². The summed E-state index contributed by atoms with van der Waals surface area (Å²) in [6, 6.07) is -0.909. The molecule has 2 nitrogen and oxygen atoms in total. The number of hydrogen-bond donors (Lipinski definition) is 1. The monoisotopic (exact) mass is 288 g/mol. The Kier molecular flexibility index (Phi) is 3.39. The van der Waals surface area contributed by atoms with Crippen LogP contribution in [0.4, 0.5) is 13.2 Å². The van der Waals surface area contributed by atoms with Gasteiger partial charge in [0.2, 0.25) is 0 Å². The van der Waals surface area contributed by atoms with E-state index in [1.54, 1.807) is 0 Å². The number of halogens is 5. The molecule has 1 aromatic heterocycles. The van der Waals surface area contributed by atoms with E-state index in [1.807, 2.05) is 0 Å². The zero-order valence-corrected chi connectivity index (χ0v) is 8.99. The molecule has 14 heavy (non-hydrogen) atoms. The Morgan fingerprint density at radius 3 is 2.57 bits per heavy atom. The summed E-state index contributed by atoms with van der Waals surface area (Å²) in [6.07, 6.45) is -3.22. The van der Waals surface area contributed by atoms with E-state index >= 15 is 0 Å². The molecule has 0 aliphatic rings. The maximum atomic E-state index is 12.2. The van der Waals surface area contributed by atoms with Crippen LogP contribution in [0.25, 0.3) is 0 Å². The van der Waals surface area contributed by atoms with Crippen LogP contribution in [0.1, 0.15) is 11.6 Å². The first kappa shape index (κ1) is 11.7. The molecule has 0 spiro atoms. The summed E-state index contributed by atoms with van der Waals surface area (Å²) >= 11 is 8.47. The average Bonchev–Trinajstić information content (AvgIpc) is 2.06. The third-order valence-electron chi connectivity index (χ3n) is 1.52. The second kappa shape index (κ2) is 4.04. The molecular formula is C7H5BrClF3N2. The fourth-order valence-electron chi connectivity index (χ4n) is 0.833. The molecule has 0 aliphatic heterocycles. The Hall–Kier alpha value is -0.330. The quantitative estimate of drug-likeness (QED) is 0.807. The van der Waals surface area contributed by atoms with Crippen LogP contribution >= 0.6 is 27.5 Å². The van der Waals surface area contributed by atoms with Crippen LogP contribution in [0.15, 0.2) is 16.7 Å². The fourth-order valence-corrected chi connectivity index (χ4v) is 1.40. The van der Waals surface area contributed by atoms with Crippen LogP contribution < -0.4 is 5.73 Å². The van der Waals surface area contributed by atoms with Crippen LogP contribution in [0.5, 0.6) is 0 Å². The topological polar surface area (TPSA) is 38.9 Å². The van der Waals surface area contributed by atoms with E-state index < -0.39 is 12.2 Å². The number of nitrogens with zero attached hydrogens (tertiary/aromatic N) is 1. The number of nitrogens with two attached hydrogens (primary N) is 1. The Morgan fingerprint density at radius 1 is 1.50 bits per heavy atom. The molecule has 2 N–H and O–H groups in total. The molecular weight excluding hydrogens is 284 g/mol. The summed E-state index contributed by atoms with van der Waals surface area (Å²) in [5.74, 6) is 0. The van der Waals surface area contributed by atoms with Crippen LogP contribution in [0.2, 0.25) is 5.15 Å². The SMILES string of the molecule is NC(c1cc(Br)cnc1Cl)C(F)(F)F. The second-order valence-corrected chi connectivity index (χ2v) is 3.83. The van der Waals surface area contributed by atoms with Crippen LogP contribution in [-0.4, -0.2) is 11.2 Å². The second-order valence-electron chi connectivity index (χ2n) is 2.55. The lowest BCUT2D eigenvalue weighted by Gasteiger charge is -2.16. The van der Waals surface area contributed by atoms with E-state index in [4.69, 9.17) is 17.3 Å². The summed E-state index contributed by atoms with van der Waals surface area (Å²) < 4.78 is 37.1. The summed E-state index contributed by atoms with van der Waals surface area (Å²) in [6.45, 7) is 0. The zero-order chi connectivity index (χ0) is 10.9. The van der Waals surface area contributed by atoms with Gasteiger partial charge in [0, 0.05) is 16.2 Å². The largest absolute Gasteiger partial charge is 0.407 e. The molecule has 1 heterocycles. The Balaban J connectivity index is 3.12. The molecule has 0 saturated heterocycles. The first-order valence-electron chi connectivity index (χ1n) is 3.45. The predicted octanol–water partition coefficient (Wildman–Crippen LogP) is 3.06. The first-order chi connectivity index (χ1) is 6.32. The molecule has 7 heteroatoms. The predicted molar refractivity (Wildman–Crippen MR) is 49.9 cm³/mol. The minimum atomic E-state index is -4.52. The molecule has 0 radical (unpaired) electrons. The van der Waals surface area contributed by atoms with Gasteiger partial charge >= 0.3 is 6.18 Å². The Bertz CT molecular complexity index is 342. The number of rotatable bonds is 1. The number of alkyl halides is 3. The summed E-state index contributed by atoms with van der Waals surface area (Å²) in [5, 5.41) is -0.238. The van der Waals surface area contributed by atoms with Gasteiger partial charge < -0.3 is 5.73 Å². The van der Waals surface area contributed by atoms with Crippen molar-refractivity contribution in [2.45, 2.75) is 12.2 Å². The smallest absolute Gasteiger partial charge is 0.316 e. The van der Waals surface area contributed by atoms with Gasteiger partial charge in [-0.15, -0.1) is 0 Å². The van der Waals surface area contributed by atoms with Crippen LogP contribution in [0, 0.1) is 0 Å². The van der Waals surface area contributed by atoms with E-state index in [1.165, 1.54) is 12.3 Å². The molecule has 0 bridgehead atoms. The van der Waals surface area contributed by atoms with Crippen molar-refractivity contribution >= 4 is 27.5 Å². The summed E-state index contributed by atoms with van der Waals surface area (Å²) in [7, 11) is 0. The molecule has 1 unspecified atom stereocenters.